The maximum absolute atomic E-state index is 11.7. The molecule has 0 aromatic heterocycles. The summed E-state index contributed by atoms with van der Waals surface area (Å²) in [5.74, 6) is 1.05. The van der Waals surface area contributed by atoms with Gasteiger partial charge in [0.1, 0.15) is 24.2 Å². The first-order valence-electron chi connectivity index (χ1n) is 13.2. The minimum Gasteiger partial charge on any atom is -0.490 e. The third-order valence-corrected chi connectivity index (χ3v) is 9.36. The number of ether oxygens (including phenoxy) is 3. The largest absolute Gasteiger partial charge is 0.490 e. The van der Waals surface area contributed by atoms with Crippen LogP contribution in [0.15, 0.2) is 60.7 Å². The number of benzene rings is 3. The lowest BCUT2D eigenvalue weighted by molar-refractivity contribution is -0.145. The van der Waals surface area contributed by atoms with Crippen molar-refractivity contribution in [1.29, 1.82) is 0 Å². The van der Waals surface area contributed by atoms with E-state index in [1.807, 2.05) is 48.5 Å². The van der Waals surface area contributed by atoms with Gasteiger partial charge in [-0.2, -0.15) is 0 Å². The smallest absolute Gasteiger partial charge is 0.304 e. The molecule has 0 radical (unpaired) electrons. The molecule has 3 aromatic carbocycles. The molecule has 2 aliphatic heterocycles. The molecule has 0 bridgehead atoms. The highest BCUT2D eigenvalue weighted by Gasteiger charge is 2.42. The summed E-state index contributed by atoms with van der Waals surface area (Å²) in [6.45, 7) is 5.37. The first-order valence-corrected chi connectivity index (χ1v) is 15.1. The Hall–Kier alpha value is -3.36. The molecule has 2 aliphatic rings. The number of carbonyl (C=O) groups is 1. The van der Waals surface area contributed by atoms with Gasteiger partial charge in [-0.1, -0.05) is 30.3 Å². The molecule has 0 saturated carbocycles. The predicted molar refractivity (Wildman–Crippen MR) is 149 cm³/mol. The molecule has 0 amide bonds. The van der Waals surface area contributed by atoms with E-state index in [0.29, 0.717) is 32.7 Å². The molecule has 0 atom stereocenters. The molecule has 0 unspecified atom stereocenters. The molecule has 5 rings (SSSR count). The van der Waals surface area contributed by atoms with Crippen LogP contribution in [0.4, 0.5) is 0 Å². The zero-order valence-electron chi connectivity index (χ0n) is 22.3. The second-order valence-electron chi connectivity index (χ2n) is 10.8. The van der Waals surface area contributed by atoms with E-state index in [-0.39, 0.29) is 24.0 Å². The highest BCUT2D eigenvalue weighted by Crippen LogP contribution is 2.37. The molecule has 7 nitrogen and oxygen atoms in total. The molecule has 8 heteroatoms. The quantitative estimate of drug-likeness (QED) is 0.389. The number of hydrogen-bond donors (Lipinski definition) is 1. The fraction of sp³-hybridized carbons (Fsp3) is 0.387. The fourth-order valence-corrected chi connectivity index (χ4v) is 6.97. The Balaban J connectivity index is 1.25. The highest BCUT2D eigenvalue weighted by atomic mass is 32.2. The van der Waals surface area contributed by atoms with Gasteiger partial charge in [-0.25, -0.2) is 8.42 Å². The molecule has 2 fully saturated rings. The molecule has 0 spiro atoms. The maximum atomic E-state index is 11.7. The van der Waals surface area contributed by atoms with Gasteiger partial charge in [-0.15, -0.1) is 0 Å². The summed E-state index contributed by atoms with van der Waals surface area (Å²) in [6.07, 6.45) is 1.05. The van der Waals surface area contributed by atoms with Crippen LogP contribution in [0.3, 0.4) is 0 Å². The Morgan fingerprint density at radius 1 is 0.974 bits per heavy atom. The Labute approximate surface area is 229 Å². The standard InChI is InChI=1S/C31H34O7S/c1-21-14-28(38-27-10-12-39(34,35)13-11-27)15-22(2)30(21)24-5-3-4-23(16-24)18-37-26-8-6-25(7-9-26)31(17-29(32)33)19-36-20-31/h3-9,14-16,27H,10-13,17-20H2,1-2H3,(H,32,33). The third kappa shape index (κ3) is 6.28. The molecule has 1 N–H and O–H groups in total. The van der Waals surface area contributed by atoms with E-state index in [2.05, 4.69) is 26.0 Å². The zero-order valence-corrected chi connectivity index (χ0v) is 23.1. The zero-order chi connectivity index (χ0) is 27.6. The summed E-state index contributed by atoms with van der Waals surface area (Å²) in [7, 11) is -2.92. The number of aliphatic carboxylic acids is 1. The van der Waals surface area contributed by atoms with Gasteiger partial charge in [0, 0.05) is 0 Å². The van der Waals surface area contributed by atoms with E-state index in [9.17, 15) is 18.3 Å². The van der Waals surface area contributed by atoms with Crippen molar-refractivity contribution in [2.24, 2.45) is 0 Å². The van der Waals surface area contributed by atoms with Crippen LogP contribution >= 0.6 is 0 Å². The number of rotatable bonds is 9. The van der Waals surface area contributed by atoms with Crippen LogP contribution in [0, 0.1) is 13.8 Å². The fourth-order valence-electron chi connectivity index (χ4n) is 5.52. The van der Waals surface area contributed by atoms with Crippen molar-refractivity contribution in [2.75, 3.05) is 24.7 Å². The average Bonchev–Trinajstić information content (AvgIpc) is 2.86. The van der Waals surface area contributed by atoms with Crippen molar-refractivity contribution in [3.63, 3.8) is 0 Å². The molecule has 2 saturated heterocycles. The number of sulfone groups is 1. The van der Waals surface area contributed by atoms with Crippen LogP contribution in [0.5, 0.6) is 11.5 Å². The van der Waals surface area contributed by atoms with Gasteiger partial charge in [-0.05, 0) is 90.4 Å². The first kappa shape index (κ1) is 27.2. The van der Waals surface area contributed by atoms with Gasteiger partial charge in [0.15, 0.2) is 9.84 Å². The van der Waals surface area contributed by atoms with Crippen LogP contribution in [-0.4, -0.2) is 50.3 Å². The van der Waals surface area contributed by atoms with Crippen LogP contribution in [-0.2, 0) is 31.4 Å². The van der Waals surface area contributed by atoms with E-state index in [0.717, 1.165) is 44.9 Å². The molecule has 206 valence electrons. The molecular weight excluding hydrogens is 516 g/mol. The number of hydrogen-bond acceptors (Lipinski definition) is 6. The van der Waals surface area contributed by atoms with Crippen molar-refractivity contribution in [3.05, 3.63) is 82.9 Å². The lowest BCUT2D eigenvalue weighted by Crippen LogP contribution is -2.48. The van der Waals surface area contributed by atoms with Crippen LogP contribution in [0.1, 0.15) is 41.5 Å². The highest BCUT2D eigenvalue weighted by molar-refractivity contribution is 7.91. The number of aryl methyl sites for hydroxylation is 2. The van der Waals surface area contributed by atoms with Crippen molar-refractivity contribution < 1.29 is 32.5 Å². The summed E-state index contributed by atoms with van der Waals surface area (Å²) in [6, 6.07) is 20.0. The first-order chi connectivity index (χ1) is 18.6. The molecule has 2 heterocycles. The van der Waals surface area contributed by atoms with E-state index in [4.69, 9.17) is 14.2 Å². The summed E-state index contributed by atoms with van der Waals surface area (Å²) in [4.78, 5) is 11.3. The van der Waals surface area contributed by atoms with Crippen molar-refractivity contribution >= 4 is 15.8 Å². The van der Waals surface area contributed by atoms with Gasteiger partial charge in [0.2, 0.25) is 0 Å². The second kappa shape index (κ2) is 11.0. The Kier molecular flexibility index (Phi) is 7.69. The van der Waals surface area contributed by atoms with Crippen molar-refractivity contribution in [3.8, 4) is 22.6 Å². The lowest BCUT2D eigenvalue weighted by atomic mass is 9.76. The van der Waals surface area contributed by atoms with E-state index >= 15 is 0 Å². The summed E-state index contributed by atoms with van der Waals surface area (Å²) in [5, 5.41) is 9.27. The summed E-state index contributed by atoms with van der Waals surface area (Å²) < 4.78 is 41.0. The third-order valence-electron chi connectivity index (χ3n) is 7.64. The number of carboxylic acid groups (broad SMARTS) is 1. The summed E-state index contributed by atoms with van der Waals surface area (Å²) >= 11 is 0. The van der Waals surface area contributed by atoms with Crippen molar-refractivity contribution in [1.82, 2.24) is 0 Å². The van der Waals surface area contributed by atoms with E-state index < -0.39 is 21.2 Å². The van der Waals surface area contributed by atoms with E-state index in [1.54, 1.807) is 0 Å². The van der Waals surface area contributed by atoms with Gasteiger partial charge in [-0.3, -0.25) is 4.79 Å². The van der Waals surface area contributed by atoms with Gasteiger partial charge < -0.3 is 19.3 Å². The summed E-state index contributed by atoms with van der Waals surface area (Å²) in [5.41, 5.74) is 5.97. The minimum absolute atomic E-state index is 0.0524. The predicted octanol–water partition coefficient (Wildman–Crippen LogP) is 5.25. The van der Waals surface area contributed by atoms with E-state index in [1.165, 1.54) is 0 Å². The number of carboxylic acids is 1. The Bertz CT molecular complexity index is 1420. The second-order valence-corrected chi connectivity index (χ2v) is 13.1. The van der Waals surface area contributed by atoms with Crippen molar-refractivity contribution in [2.45, 2.75) is 51.2 Å². The van der Waals surface area contributed by atoms with Crippen LogP contribution in [0.25, 0.3) is 11.1 Å². The lowest BCUT2D eigenvalue weighted by Gasteiger charge is -2.40. The van der Waals surface area contributed by atoms with Gasteiger partial charge in [0.05, 0.1) is 36.6 Å². The van der Waals surface area contributed by atoms with Gasteiger partial charge >= 0.3 is 5.97 Å². The molecule has 3 aromatic rings. The Morgan fingerprint density at radius 3 is 2.23 bits per heavy atom. The monoisotopic (exact) mass is 550 g/mol. The Morgan fingerprint density at radius 2 is 1.64 bits per heavy atom. The maximum Gasteiger partial charge on any atom is 0.304 e. The SMILES string of the molecule is Cc1cc(OC2CCS(=O)(=O)CC2)cc(C)c1-c1cccc(COc2ccc(C3(CC(=O)O)COC3)cc2)c1. The van der Waals surface area contributed by atoms with Crippen LogP contribution < -0.4 is 9.47 Å². The molecule has 39 heavy (non-hydrogen) atoms. The van der Waals surface area contributed by atoms with Gasteiger partial charge in [0.25, 0.3) is 0 Å². The minimum atomic E-state index is -2.92. The average molecular weight is 551 g/mol. The van der Waals surface area contributed by atoms with Crippen LogP contribution in [0.2, 0.25) is 0 Å². The normalized spacial score (nSPS) is 18.2. The molecule has 0 aliphatic carbocycles. The molecular formula is C31H34O7S. The topological polar surface area (TPSA) is 99.1 Å².